The van der Waals surface area contributed by atoms with Crippen LogP contribution in [0.2, 0.25) is 5.02 Å². The first-order chi connectivity index (χ1) is 20.4. The van der Waals surface area contributed by atoms with Crippen molar-refractivity contribution in [3.05, 3.63) is 94.3 Å². The van der Waals surface area contributed by atoms with Crippen LogP contribution < -0.4 is 15.4 Å². The largest absolute Gasteiger partial charge is 0.573 e. The Labute approximate surface area is 251 Å². The highest BCUT2D eigenvalue weighted by Gasteiger charge is 2.33. The molecular formula is C31H31ClF4N2O5. The molecule has 0 radical (unpaired) electrons. The van der Waals surface area contributed by atoms with E-state index in [1.54, 1.807) is 31.2 Å². The molecule has 0 aliphatic rings. The number of esters is 1. The third kappa shape index (κ3) is 9.99. The van der Waals surface area contributed by atoms with Crippen LogP contribution >= 0.6 is 11.6 Å². The number of halogens is 5. The lowest BCUT2D eigenvalue weighted by molar-refractivity contribution is -0.274. The van der Waals surface area contributed by atoms with E-state index < -0.39 is 47.5 Å². The number of ether oxygens (including phenoxy) is 2. The number of rotatable bonds is 13. The van der Waals surface area contributed by atoms with E-state index in [2.05, 4.69) is 15.4 Å². The minimum absolute atomic E-state index is 0.0219. The molecule has 0 aliphatic heterocycles. The molecule has 0 heterocycles. The molecular weight excluding hydrogens is 592 g/mol. The molecule has 2 N–H and O–H groups in total. The molecule has 0 aliphatic carbocycles. The summed E-state index contributed by atoms with van der Waals surface area (Å²) >= 11 is 5.84. The fourth-order valence-corrected chi connectivity index (χ4v) is 4.74. The first kappa shape index (κ1) is 33.4. The van der Waals surface area contributed by atoms with Gasteiger partial charge in [0.25, 0.3) is 5.91 Å². The van der Waals surface area contributed by atoms with E-state index in [1.807, 2.05) is 6.92 Å². The minimum atomic E-state index is -4.89. The van der Waals surface area contributed by atoms with E-state index in [1.165, 1.54) is 24.3 Å². The maximum atomic E-state index is 14.6. The number of carbonyl (C=O) groups excluding carboxylic acids is 3. The molecule has 2 unspecified atom stereocenters. The molecule has 230 valence electrons. The molecule has 3 aromatic rings. The van der Waals surface area contributed by atoms with Crippen LogP contribution in [0.15, 0.2) is 66.7 Å². The molecule has 0 aromatic heterocycles. The standard InChI is InChI=1S/C31H31ClF4N2O5/c1-3-5-24(19-6-8-21(9-7-19)29(40)37-17-16-27(39)42-4-2)28(20-10-13-23(14-11-20)43-31(34,35)36)30(41)38-26-15-12-22(32)18-25(26)33/h6-15,18,24,28H,3-5,16-17H2,1-2H3,(H,37,40)(H,38,41). The van der Waals surface area contributed by atoms with Crippen LogP contribution in [0.1, 0.15) is 66.4 Å². The lowest BCUT2D eigenvalue weighted by atomic mass is 9.78. The van der Waals surface area contributed by atoms with E-state index >= 15 is 0 Å². The number of benzene rings is 3. The zero-order chi connectivity index (χ0) is 31.6. The van der Waals surface area contributed by atoms with E-state index in [4.69, 9.17) is 16.3 Å². The summed E-state index contributed by atoms with van der Waals surface area (Å²) in [6, 6.07) is 15.2. The Morgan fingerprint density at radius 2 is 1.58 bits per heavy atom. The molecule has 0 saturated carbocycles. The van der Waals surface area contributed by atoms with Crippen molar-refractivity contribution in [3.63, 3.8) is 0 Å². The summed E-state index contributed by atoms with van der Waals surface area (Å²) in [6.07, 6.45) is -3.75. The number of carbonyl (C=O) groups is 3. The number of anilines is 1. The molecule has 0 spiro atoms. The molecule has 12 heteroatoms. The van der Waals surface area contributed by atoms with Crippen molar-refractivity contribution in [1.29, 1.82) is 0 Å². The molecule has 2 atom stereocenters. The highest BCUT2D eigenvalue weighted by Crippen LogP contribution is 2.39. The monoisotopic (exact) mass is 622 g/mol. The fraction of sp³-hybridized carbons (Fsp3) is 0.323. The zero-order valence-corrected chi connectivity index (χ0v) is 24.2. The summed E-state index contributed by atoms with van der Waals surface area (Å²) in [4.78, 5) is 37.8. The summed E-state index contributed by atoms with van der Waals surface area (Å²) in [5.41, 5.74) is 1.26. The number of alkyl halides is 3. The molecule has 2 amide bonds. The zero-order valence-electron chi connectivity index (χ0n) is 23.5. The van der Waals surface area contributed by atoms with E-state index in [0.717, 1.165) is 18.2 Å². The summed E-state index contributed by atoms with van der Waals surface area (Å²) < 4.78 is 61.6. The lowest BCUT2D eigenvalue weighted by Crippen LogP contribution is -2.28. The predicted molar refractivity (Wildman–Crippen MR) is 154 cm³/mol. The van der Waals surface area contributed by atoms with Crippen LogP contribution in [-0.4, -0.2) is 37.3 Å². The number of nitrogens with one attached hydrogen (secondary N) is 2. The summed E-state index contributed by atoms with van der Waals surface area (Å²) in [5.74, 6) is -4.10. The molecule has 0 saturated heterocycles. The maximum Gasteiger partial charge on any atom is 0.573 e. The van der Waals surface area contributed by atoms with E-state index in [9.17, 15) is 31.9 Å². The molecule has 43 heavy (non-hydrogen) atoms. The Kier molecular flexibility index (Phi) is 11.9. The third-order valence-electron chi connectivity index (χ3n) is 6.47. The van der Waals surface area contributed by atoms with Gasteiger partial charge in [-0.05, 0) is 72.9 Å². The van der Waals surface area contributed by atoms with Gasteiger partial charge in [0.2, 0.25) is 5.91 Å². The van der Waals surface area contributed by atoms with Gasteiger partial charge in [0.05, 0.1) is 24.6 Å². The van der Waals surface area contributed by atoms with Crippen LogP contribution in [0.4, 0.5) is 23.2 Å². The van der Waals surface area contributed by atoms with Crippen molar-refractivity contribution in [2.45, 2.75) is 51.3 Å². The molecule has 0 bridgehead atoms. The topological polar surface area (TPSA) is 93.7 Å². The van der Waals surface area contributed by atoms with Gasteiger partial charge in [-0.1, -0.05) is 49.2 Å². The van der Waals surface area contributed by atoms with Crippen molar-refractivity contribution in [2.24, 2.45) is 0 Å². The summed E-state index contributed by atoms with van der Waals surface area (Å²) in [7, 11) is 0. The van der Waals surface area contributed by atoms with Gasteiger partial charge in [0.1, 0.15) is 11.6 Å². The Bertz CT molecular complexity index is 1400. The quantitative estimate of drug-likeness (QED) is 0.153. The van der Waals surface area contributed by atoms with Crippen LogP contribution in [0.5, 0.6) is 5.75 Å². The van der Waals surface area contributed by atoms with Crippen molar-refractivity contribution < 1.29 is 41.4 Å². The van der Waals surface area contributed by atoms with Crippen molar-refractivity contribution in [2.75, 3.05) is 18.5 Å². The van der Waals surface area contributed by atoms with Crippen LogP contribution in [0.25, 0.3) is 0 Å². The van der Waals surface area contributed by atoms with Gasteiger partial charge in [-0.3, -0.25) is 14.4 Å². The number of hydrogen-bond donors (Lipinski definition) is 2. The normalized spacial score (nSPS) is 12.6. The number of amides is 2. The average molecular weight is 623 g/mol. The van der Waals surface area contributed by atoms with Crippen LogP contribution in [0.3, 0.4) is 0 Å². The van der Waals surface area contributed by atoms with Crippen molar-refractivity contribution in [3.8, 4) is 5.75 Å². The molecule has 3 aromatic carbocycles. The Morgan fingerprint density at radius 3 is 2.16 bits per heavy atom. The Morgan fingerprint density at radius 1 is 0.930 bits per heavy atom. The highest BCUT2D eigenvalue weighted by molar-refractivity contribution is 6.30. The minimum Gasteiger partial charge on any atom is -0.466 e. The van der Waals surface area contributed by atoms with Gasteiger partial charge in [-0.25, -0.2) is 4.39 Å². The summed E-state index contributed by atoms with van der Waals surface area (Å²) in [6.45, 7) is 3.93. The lowest BCUT2D eigenvalue weighted by Gasteiger charge is -2.28. The van der Waals surface area contributed by atoms with Crippen LogP contribution in [-0.2, 0) is 14.3 Å². The predicted octanol–water partition coefficient (Wildman–Crippen LogP) is 7.37. The molecule has 0 fully saturated rings. The summed E-state index contributed by atoms with van der Waals surface area (Å²) in [5, 5.41) is 5.37. The SMILES string of the molecule is CCCC(c1ccc(C(=O)NCCC(=O)OCC)cc1)C(C(=O)Nc1ccc(Cl)cc1F)c1ccc(OC(F)(F)F)cc1. The van der Waals surface area contributed by atoms with Crippen molar-refractivity contribution >= 4 is 35.1 Å². The third-order valence-corrected chi connectivity index (χ3v) is 6.70. The van der Waals surface area contributed by atoms with E-state index in [-0.39, 0.29) is 30.3 Å². The van der Waals surface area contributed by atoms with Gasteiger partial charge in [0, 0.05) is 17.1 Å². The Hall–Kier alpha value is -4.12. The van der Waals surface area contributed by atoms with Crippen molar-refractivity contribution in [1.82, 2.24) is 5.32 Å². The van der Waals surface area contributed by atoms with E-state index in [0.29, 0.717) is 29.5 Å². The second-order valence-corrected chi connectivity index (χ2v) is 9.97. The fourth-order valence-electron chi connectivity index (χ4n) is 4.58. The van der Waals surface area contributed by atoms with Gasteiger partial charge in [0.15, 0.2) is 0 Å². The average Bonchev–Trinajstić information content (AvgIpc) is 2.94. The second kappa shape index (κ2) is 15.4. The van der Waals surface area contributed by atoms with Crippen LogP contribution in [0, 0.1) is 5.82 Å². The van der Waals surface area contributed by atoms with Gasteiger partial charge in [-0.2, -0.15) is 0 Å². The molecule has 7 nitrogen and oxygen atoms in total. The second-order valence-electron chi connectivity index (χ2n) is 9.54. The maximum absolute atomic E-state index is 14.6. The first-order valence-corrected chi connectivity index (χ1v) is 13.9. The molecule has 3 rings (SSSR count). The highest BCUT2D eigenvalue weighted by atomic mass is 35.5. The van der Waals surface area contributed by atoms with Gasteiger partial charge >= 0.3 is 12.3 Å². The first-order valence-electron chi connectivity index (χ1n) is 13.6. The van der Waals surface area contributed by atoms with Gasteiger partial charge in [-0.15, -0.1) is 13.2 Å². The smallest absolute Gasteiger partial charge is 0.466 e. The number of hydrogen-bond acceptors (Lipinski definition) is 5. The Balaban J connectivity index is 1.91. The van der Waals surface area contributed by atoms with Gasteiger partial charge < -0.3 is 20.1 Å².